The van der Waals surface area contributed by atoms with Gasteiger partial charge in [-0.15, -0.1) is 20.4 Å². The first kappa shape index (κ1) is 22.7. The van der Waals surface area contributed by atoms with Gasteiger partial charge in [-0.2, -0.15) is 0 Å². The summed E-state index contributed by atoms with van der Waals surface area (Å²) in [6, 6.07) is 5.88. The average Bonchev–Trinajstić information content (AvgIpc) is 3.43. The lowest BCUT2D eigenvalue weighted by atomic mass is 9.99. The van der Waals surface area contributed by atoms with Crippen LogP contribution in [0.2, 0.25) is 0 Å². The Kier molecular flexibility index (Phi) is 8.81. The van der Waals surface area contributed by atoms with Crippen LogP contribution in [0.3, 0.4) is 0 Å². The van der Waals surface area contributed by atoms with E-state index in [0.29, 0.717) is 12.5 Å². The quantitative estimate of drug-likeness (QED) is 0.342. The normalized spacial score (nSPS) is 12.9. The predicted molar refractivity (Wildman–Crippen MR) is 123 cm³/mol. The molecule has 1 unspecified atom stereocenters. The van der Waals surface area contributed by atoms with E-state index in [1.807, 2.05) is 28.8 Å². The number of pyridine rings is 1. The third-order valence-electron chi connectivity index (χ3n) is 5.52. The Hall–Kier alpha value is -2.97. The molecule has 3 heterocycles. The molecule has 3 aromatic rings. The van der Waals surface area contributed by atoms with Crippen molar-refractivity contribution < 1.29 is 0 Å². The summed E-state index contributed by atoms with van der Waals surface area (Å²) < 4.78 is 4.05. The van der Waals surface area contributed by atoms with Gasteiger partial charge in [-0.05, 0) is 24.5 Å². The van der Waals surface area contributed by atoms with Crippen LogP contribution < -0.4 is 10.6 Å². The Labute approximate surface area is 184 Å². The Balaban J connectivity index is 1.64. The van der Waals surface area contributed by atoms with E-state index in [4.69, 9.17) is 4.99 Å². The predicted octanol–water partition coefficient (Wildman–Crippen LogP) is 2.84. The maximum Gasteiger partial charge on any atom is 0.191 e. The molecular weight excluding hydrogens is 390 g/mol. The van der Waals surface area contributed by atoms with Gasteiger partial charge in [0.25, 0.3) is 0 Å². The Morgan fingerprint density at radius 3 is 2.81 bits per heavy atom. The molecule has 1 atom stereocenters. The van der Waals surface area contributed by atoms with Crippen LogP contribution in [0, 0.1) is 5.92 Å². The Bertz CT molecular complexity index is 943. The zero-order chi connectivity index (χ0) is 21.9. The number of guanidine groups is 1. The van der Waals surface area contributed by atoms with Crippen molar-refractivity contribution in [1.82, 2.24) is 40.0 Å². The van der Waals surface area contributed by atoms with Crippen LogP contribution >= 0.6 is 0 Å². The minimum absolute atomic E-state index is 0.457. The molecule has 0 radical (unpaired) electrons. The van der Waals surface area contributed by atoms with E-state index in [2.05, 4.69) is 56.4 Å². The molecule has 31 heavy (non-hydrogen) atoms. The van der Waals surface area contributed by atoms with Gasteiger partial charge in [0.1, 0.15) is 18.7 Å². The minimum atomic E-state index is 0.457. The van der Waals surface area contributed by atoms with Gasteiger partial charge in [-0.3, -0.25) is 4.40 Å². The van der Waals surface area contributed by atoms with Crippen LogP contribution in [-0.2, 0) is 19.5 Å². The first-order valence-corrected chi connectivity index (χ1v) is 11.4. The Morgan fingerprint density at radius 1 is 1.10 bits per heavy atom. The van der Waals surface area contributed by atoms with Gasteiger partial charge in [0.2, 0.25) is 0 Å². The molecule has 2 N–H and O–H groups in total. The number of fused-ring (bicyclic) bond motifs is 1. The second-order valence-electron chi connectivity index (χ2n) is 7.73. The maximum absolute atomic E-state index is 4.79. The molecule has 0 aliphatic rings. The number of unbranched alkanes of at least 4 members (excludes halogenated alkanes) is 1. The molecule has 3 rings (SSSR count). The van der Waals surface area contributed by atoms with Crippen molar-refractivity contribution in [2.75, 3.05) is 13.1 Å². The minimum Gasteiger partial charge on any atom is -0.356 e. The monoisotopic (exact) mass is 425 g/mol. The van der Waals surface area contributed by atoms with E-state index in [9.17, 15) is 0 Å². The van der Waals surface area contributed by atoms with Crippen molar-refractivity contribution in [2.45, 2.75) is 66.0 Å². The van der Waals surface area contributed by atoms with Crippen molar-refractivity contribution in [1.29, 1.82) is 0 Å². The smallest absolute Gasteiger partial charge is 0.191 e. The highest BCUT2D eigenvalue weighted by molar-refractivity contribution is 5.79. The van der Waals surface area contributed by atoms with E-state index < -0.39 is 0 Å². The zero-order valence-electron chi connectivity index (χ0n) is 19.0. The number of hydrogen-bond acceptors (Lipinski definition) is 5. The SMILES string of the molecule is CCCCC(CC)CNC(=NCc1nnc2ccccn12)NCCn1cnnc1CC. The number of aliphatic imine (C=N–C) groups is 1. The summed E-state index contributed by atoms with van der Waals surface area (Å²) in [7, 11) is 0. The Morgan fingerprint density at radius 2 is 2.00 bits per heavy atom. The van der Waals surface area contributed by atoms with Crippen molar-refractivity contribution in [3.63, 3.8) is 0 Å². The van der Waals surface area contributed by atoms with Crippen LogP contribution in [-0.4, -0.2) is 48.4 Å². The fraction of sp³-hybridized carbons (Fsp3) is 0.591. The third-order valence-corrected chi connectivity index (χ3v) is 5.52. The summed E-state index contributed by atoms with van der Waals surface area (Å²) in [6.45, 7) is 9.49. The summed E-state index contributed by atoms with van der Waals surface area (Å²) in [5, 5.41) is 23.7. The highest BCUT2D eigenvalue weighted by Gasteiger charge is 2.09. The second kappa shape index (κ2) is 12.0. The first-order valence-electron chi connectivity index (χ1n) is 11.4. The van der Waals surface area contributed by atoms with Crippen molar-refractivity contribution in [3.8, 4) is 0 Å². The summed E-state index contributed by atoms with van der Waals surface area (Å²) in [5.41, 5.74) is 0.834. The molecule has 3 aromatic heterocycles. The third kappa shape index (κ3) is 6.50. The molecule has 0 saturated heterocycles. The molecular formula is C22H35N9. The van der Waals surface area contributed by atoms with Gasteiger partial charge >= 0.3 is 0 Å². The largest absolute Gasteiger partial charge is 0.356 e. The summed E-state index contributed by atoms with van der Waals surface area (Å²) >= 11 is 0. The molecule has 0 bridgehead atoms. The van der Waals surface area contributed by atoms with Crippen LogP contribution in [0.25, 0.3) is 5.65 Å². The van der Waals surface area contributed by atoms with Crippen LogP contribution in [0.4, 0.5) is 0 Å². The molecule has 0 spiro atoms. The fourth-order valence-corrected chi connectivity index (χ4v) is 3.54. The van der Waals surface area contributed by atoms with Gasteiger partial charge in [0.05, 0.1) is 0 Å². The summed E-state index contributed by atoms with van der Waals surface area (Å²) in [4.78, 5) is 4.79. The molecule has 0 saturated carbocycles. The lowest BCUT2D eigenvalue weighted by Gasteiger charge is -2.18. The van der Waals surface area contributed by atoms with Gasteiger partial charge in [-0.25, -0.2) is 4.99 Å². The number of rotatable bonds is 12. The van der Waals surface area contributed by atoms with Gasteiger partial charge in [0.15, 0.2) is 17.4 Å². The standard InChI is InChI=1S/C22H35N9/c1-4-7-10-18(5-2)15-24-22(23-12-14-30-17-26-27-19(30)6-3)25-16-21-29-28-20-11-8-9-13-31(20)21/h8-9,11,13,17-18H,4-7,10,12,14-16H2,1-3H3,(H2,23,24,25). The lowest BCUT2D eigenvalue weighted by Crippen LogP contribution is -2.41. The fourth-order valence-electron chi connectivity index (χ4n) is 3.54. The molecule has 9 heteroatoms. The van der Waals surface area contributed by atoms with E-state index in [0.717, 1.165) is 55.7 Å². The van der Waals surface area contributed by atoms with E-state index in [1.165, 1.54) is 19.3 Å². The topological polar surface area (TPSA) is 97.3 Å². The number of hydrogen-bond donors (Lipinski definition) is 2. The van der Waals surface area contributed by atoms with E-state index in [1.54, 1.807) is 6.33 Å². The van der Waals surface area contributed by atoms with Crippen LogP contribution in [0.15, 0.2) is 35.7 Å². The van der Waals surface area contributed by atoms with Crippen molar-refractivity contribution >= 4 is 11.6 Å². The molecule has 168 valence electrons. The highest BCUT2D eigenvalue weighted by atomic mass is 15.3. The van der Waals surface area contributed by atoms with Crippen molar-refractivity contribution in [3.05, 3.63) is 42.4 Å². The molecule has 0 amide bonds. The van der Waals surface area contributed by atoms with E-state index >= 15 is 0 Å². The maximum atomic E-state index is 4.79. The van der Waals surface area contributed by atoms with Gasteiger partial charge < -0.3 is 15.2 Å². The number of aryl methyl sites for hydroxylation is 1. The van der Waals surface area contributed by atoms with Crippen LogP contribution in [0.1, 0.15) is 58.1 Å². The molecule has 0 aromatic carbocycles. The highest BCUT2D eigenvalue weighted by Crippen LogP contribution is 2.11. The first-order chi connectivity index (χ1) is 15.2. The molecule has 9 nitrogen and oxygen atoms in total. The van der Waals surface area contributed by atoms with E-state index in [-0.39, 0.29) is 0 Å². The summed E-state index contributed by atoms with van der Waals surface area (Å²) in [5.74, 6) is 3.26. The van der Waals surface area contributed by atoms with Gasteiger partial charge in [0, 0.05) is 32.3 Å². The second-order valence-corrected chi connectivity index (χ2v) is 7.73. The number of aromatic nitrogens is 6. The van der Waals surface area contributed by atoms with Gasteiger partial charge in [-0.1, -0.05) is 46.1 Å². The zero-order valence-corrected chi connectivity index (χ0v) is 19.0. The number of nitrogens with one attached hydrogen (secondary N) is 2. The average molecular weight is 426 g/mol. The lowest BCUT2D eigenvalue weighted by molar-refractivity contribution is 0.443. The molecule has 0 aliphatic carbocycles. The molecule has 0 aliphatic heterocycles. The molecule has 0 fully saturated rings. The summed E-state index contributed by atoms with van der Waals surface area (Å²) in [6.07, 6.45) is 9.52. The number of nitrogens with zero attached hydrogens (tertiary/aromatic N) is 7. The van der Waals surface area contributed by atoms with Crippen molar-refractivity contribution in [2.24, 2.45) is 10.9 Å². The van der Waals surface area contributed by atoms with Crippen LogP contribution in [0.5, 0.6) is 0 Å².